The van der Waals surface area contributed by atoms with Crippen molar-refractivity contribution in [1.82, 2.24) is 9.97 Å². The lowest BCUT2D eigenvalue weighted by molar-refractivity contribution is 0.629. The maximum atomic E-state index is 13.1. The highest BCUT2D eigenvalue weighted by atomic mass is 35.5. The molecular weight excluding hydrogens is 285 g/mol. The Balaban J connectivity index is 1.85. The molecule has 0 amide bonds. The van der Waals surface area contributed by atoms with E-state index in [1.54, 1.807) is 6.07 Å². The number of aromatic nitrogens is 2. The Kier molecular flexibility index (Phi) is 3.16. The summed E-state index contributed by atoms with van der Waals surface area (Å²) in [6.45, 7) is 2.02. The number of halogens is 2. The van der Waals surface area contributed by atoms with E-state index in [0.29, 0.717) is 11.5 Å². The average Bonchev–Trinajstić information content (AvgIpc) is 2.94. The molecule has 3 aromatic rings. The quantitative estimate of drug-likeness (QED) is 0.742. The summed E-state index contributed by atoms with van der Waals surface area (Å²) in [7, 11) is 0. The van der Waals surface area contributed by atoms with E-state index in [-0.39, 0.29) is 11.9 Å². The first-order chi connectivity index (χ1) is 9.11. The molecule has 98 valence electrons. The second kappa shape index (κ2) is 4.83. The van der Waals surface area contributed by atoms with Crippen LogP contribution in [0.2, 0.25) is 4.34 Å². The molecule has 3 nitrogen and oxygen atoms in total. The number of aromatic amines is 1. The van der Waals surface area contributed by atoms with Crippen LogP contribution in [0, 0.1) is 5.82 Å². The fourth-order valence-electron chi connectivity index (χ4n) is 1.89. The third-order valence-corrected chi connectivity index (χ3v) is 4.23. The highest BCUT2D eigenvalue weighted by molar-refractivity contribution is 7.16. The zero-order valence-electron chi connectivity index (χ0n) is 10.1. The van der Waals surface area contributed by atoms with Gasteiger partial charge in [-0.25, -0.2) is 9.37 Å². The summed E-state index contributed by atoms with van der Waals surface area (Å²) < 4.78 is 13.9. The van der Waals surface area contributed by atoms with Crippen molar-refractivity contribution in [2.24, 2.45) is 0 Å². The number of fused-ring (bicyclic) bond motifs is 1. The number of thiophene rings is 1. The number of rotatable bonds is 3. The Labute approximate surface area is 118 Å². The molecule has 6 heteroatoms. The molecule has 2 N–H and O–H groups in total. The van der Waals surface area contributed by atoms with Gasteiger partial charge in [0.15, 0.2) is 0 Å². The smallest absolute Gasteiger partial charge is 0.201 e. The Hall–Kier alpha value is -1.59. The normalized spacial score (nSPS) is 12.8. The van der Waals surface area contributed by atoms with Gasteiger partial charge >= 0.3 is 0 Å². The van der Waals surface area contributed by atoms with Crippen molar-refractivity contribution in [2.45, 2.75) is 13.0 Å². The van der Waals surface area contributed by atoms with Gasteiger partial charge in [0.25, 0.3) is 0 Å². The third kappa shape index (κ3) is 2.57. The van der Waals surface area contributed by atoms with Gasteiger partial charge in [0.2, 0.25) is 5.95 Å². The number of hydrogen-bond donors (Lipinski definition) is 2. The van der Waals surface area contributed by atoms with E-state index in [0.717, 1.165) is 14.7 Å². The van der Waals surface area contributed by atoms with E-state index in [4.69, 9.17) is 11.6 Å². The average molecular weight is 296 g/mol. The van der Waals surface area contributed by atoms with Crippen molar-refractivity contribution >= 4 is 39.9 Å². The lowest BCUT2D eigenvalue weighted by Gasteiger charge is -2.10. The largest absolute Gasteiger partial charge is 0.348 e. The van der Waals surface area contributed by atoms with Gasteiger partial charge in [-0.15, -0.1) is 11.3 Å². The number of anilines is 1. The second-order valence-corrected chi connectivity index (χ2v) is 6.00. The number of benzene rings is 1. The molecular formula is C13H11ClFN3S. The van der Waals surface area contributed by atoms with Gasteiger partial charge in [0, 0.05) is 4.88 Å². The summed E-state index contributed by atoms with van der Waals surface area (Å²) >= 11 is 7.44. The fourth-order valence-corrected chi connectivity index (χ4v) is 2.95. The first kappa shape index (κ1) is 12.4. The van der Waals surface area contributed by atoms with Gasteiger partial charge in [-0.05, 0) is 37.3 Å². The fraction of sp³-hybridized carbons (Fsp3) is 0.154. The van der Waals surface area contributed by atoms with Crippen LogP contribution in [0.5, 0.6) is 0 Å². The van der Waals surface area contributed by atoms with Crippen molar-refractivity contribution in [3.63, 3.8) is 0 Å². The van der Waals surface area contributed by atoms with Crippen LogP contribution in [0.1, 0.15) is 17.8 Å². The monoisotopic (exact) mass is 295 g/mol. The van der Waals surface area contributed by atoms with Crippen LogP contribution in [-0.2, 0) is 0 Å². The van der Waals surface area contributed by atoms with Gasteiger partial charge in [-0.1, -0.05) is 11.6 Å². The summed E-state index contributed by atoms with van der Waals surface area (Å²) in [6.07, 6.45) is 0. The number of hydrogen-bond acceptors (Lipinski definition) is 3. The molecule has 0 aliphatic rings. The van der Waals surface area contributed by atoms with Gasteiger partial charge < -0.3 is 10.3 Å². The van der Waals surface area contributed by atoms with Gasteiger partial charge in [-0.2, -0.15) is 0 Å². The van der Waals surface area contributed by atoms with Crippen molar-refractivity contribution in [2.75, 3.05) is 5.32 Å². The van der Waals surface area contributed by atoms with Crippen LogP contribution in [0.4, 0.5) is 10.3 Å². The Morgan fingerprint density at radius 1 is 1.37 bits per heavy atom. The Bertz CT molecular complexity index is 722. The number of nitrogens with one attached hydrogen (secondary N) is 2. The van der Waals surface area contributed by atoms with Crippen LogP contribution >= 0.6 is 22.9 Å². The topological polar surface area (TPSA) is 40.7 Å². The zero-order chi connectivity index (χ0) is 13.4. The predicted molar refractivity (Wildman–Crippen MR) is 77.4 cm³/mol. The molecule has 3 rings (SSSR count). The van der Waals surface area contributed by atoms with Crippen molar-refractivity contribution in [1.29, 1.82) is 0 Å². The van der Waals surface area contributed by atoms with Crippen molar-refractivity contribution in [3.05, 3.63) is 45.4 Å². The molecule has 0 saturated heterocycles. The molecule has 0 aliphatic carbocycles. The highest BCUT2D eigenvalue weighted by Gasteiger charge is 2.10. The minimum absolute atomic E-state index is 0.0860. The Morgan fingerprint density at radius 3 is 2.95 bits per heavy atom. The minimum atomic E-state index is -0.277. The maximum Gasteiger partial charge on any atom is 0.201 e. The van der Waals surface area contributed by atoms with Crippen LogP contribution in [0.15, 0.2) is 30.3 Å². The maximum absolute atomic E-state index is 13.1. The number of H-pyrrole nitrogens is 1. The predicted octanol–water partition coefficient (Wildman–Crippen LogP) is 4.59. The molecule has 0 aliphatic heterocycles. The molecule has 0 spiro atoms. The zero-order valence-corrected chi connectivity index (χ0v) is 11.6. The number of imidazole rings is 1. The molecule has 1 atom stereocenters. The van der Waals surface area contributed by atoms with E-state index < -0.39 is 0 Å². The highest BCUT2D eigenvalue weighted by Crippen LogP contribution is 2.28. The summed E-state index contributed by atoms with van der Waals surface area (Å²) in [6, 6.07) is 8.41. The molecule has 0 bridgehead atoms. The first-order valence-electron chi connectivity index (χ1n) is 5.79. The lowest BCUT2D eigenvalue weighted by Crippen LogP contribution is -2.05. The molecule has 1 unspecified atom stereocenters. The van der Waals surface area contributed by atoms with E-state index >= 15 is 0 Å². The van der Waals surface area contributed by atoms with Crippen LogP contribution in [0.3, 0.4) is 0 Å². The van der Waals surface area contributed by atoms with Crippen LogP contribution < -0.4 is 5.32 Å². The first-order valence-corrected chi connectivity index (χ1v) is 6.98. The van der Waals surface area contributed by atoms with Crippen LogP contribution in [-0.4, -0.2) is 9.97 Å². The van der Waals surface area contributed by atoms with Gasteiger partial charge in [-0.3, -0.25) is 0 Å². The SMILES string of the molecule is CC(Nc1nc2ccc(F)cc2[nH]1)c1ccc(Cl)s1. The van der Waals surface area contributed by atoms with E-state index in [2.05, 4.69) is 15.3 Å². The molecule has 0 fully saturated rings. The summed E-state index contributed by atoms with van der Waals surface area (Å²) in [5, 5.41) is 3.24. The minimum Gasteiger partial charge on any atom is -0.348 e. The number of nitrogens with zero attached hydrogens (tertiary/aromatic N) is 1. The molecule has 0 saturated carbocycles. The van der Waals surface area contributed by atoms with Crippen molar-refractivity contribution in [3.8, 4) is 0 Å². The standard InChI is InChI=1S/C13H11ClFN3S/c1-7(11-4-5-12(14)19-11)16-13-17-9-3-2-8(15)6-10(9)18-13/h2-7H,1H3,(H2,16,17,18). The molecule has 0 radical (unpaired) electrons. The third-order valence-electron chi connectivity index (χ3n) is 2.82. The van der Waals surface area contributed by atoms with Gasteiger partial charge in [0.05, 0.1) is 21.4 Å². The molecule has 2 heterocycles. The lowest BCUT2D eigenvalue weighted by atomic mass is 10.3. The molecule has 1 aromatic carbocycles. The van der Waals surface area contributed by atoms with Crippen molar-refractivity contribution < 1.29 is 4.39 Å². The van der Waals surface area contributed by atoms with E-state index in [1.165, 1.54) is 23.5 Å². The second-order valence-electron chi connectivity index (χ2n) is 4.25. The molecule has 19 heavy (non-hydrogen) atoms. The van der Waals surface area contributed by atoms with Crippen LogP contribution in [0.25, 0.3) is 11.0 Å². The summed E-state index contributed by atoms with van der Waals surface area (Å²) in [4.78, 5) is 8.54. The summed E-state index contributed by atoms with van der Waals surface area (Å²) in [5.74, 6) is 0.346. The van der Waals surface area contributed by atoms with Gasteiger partial charge in [0.1, 0.15) is 5.82 Å². The van der Waals surface area contributed by atoms with E-state index in [9.17, 15) is 4.39 Å². The van der Waals surface area contributed by atoms with E-state index in [1.807, 2.05) is 19.1 Å². The Morgan fingerprint density at radius 2 is 2.21 bits per heavy atom. The summed E-state index contributed by atoms with van der Waals surface area (Å²) in [5.41, 5.74) is 1.42. The molecule has 2 aromatic heterocycles.